The first kappa shape index (κ1) is 22.6. The van der Waals surface area contributed by atoms with E-state index >= 15 is 0 Å². The Labute approximate surface area is 221 Å². The first-order valence-electron chi connectivity index (χ1n) is 9.93. The molecule has 0 radical (unpaired) electrons. The summed E-state index contributed by atoms with van der Waals surface area (Å²) in [5.41, 5.74) is 2.00. The second kappa shape index (κ2) is 8.40. The maximum atomic E-state index is 12.5. The predicted octanol–water partition coefficient (Wildman–Crippen LogP) is -1.44. The number of aliphatic hydroxyl groups is 2. The van der Waals surface area contributed by atoms with Crippen molar-refractivity contribution in [3.63, 3.8) is 0 Å². The number of β-lactam (4-membered cyclic amide) rings is 1. The van der Waals surface area contributed by atoms with Crippen LogP contribution < -0.4 is 56.5 Å². The molecule has 0 unspecified atom stereocenters. The molecule has 0 spiro atoms. The van der Waals surface area contributed by atoms with E-state index in [0.29, 0.717) is 12.0 Å². The molecule has 0 bridgehead atoms. The number of hydrogen-bond donors (Lipinski definition) is 2. The van der Waals surface area contributed by atoms with E-state index < -0.39 is 18.0 Å². The molecule has 7 heteroatoms. The summed E-state index contributed by atoms with van der Waals surface area (Å²) in [5.74, 6) is -2.35. The molecule has 3 aromatic carbocycles. The third kappa shape index (κ3) is 3.40. The predicted molar refractivity (Wildman–Crippen MR) is 110 cm³/mol. The number of rotatable bonds is 4. The fourth-order valence-corrected chi connectivity index (χ4v) is 5.01. The number of carbonyl (C=O) groups is 2. The Bertz CT molecular complexity index is 1270. The van der Waals surface area contributed by atoms with Crippen LogP contribution in [-0.4, -0.2) is 39.1 Å². The van der Waals surface area contributed by atoms with Gasteiger partial charge < -0.3 is 25.0 Å². The summed E-state index contributed by atoms with van der Waals surface area (Å²) in [6.07, 6.45) is -0.471. The van der Waals surface area contributed by atoms with Crippen LogP contribution in [0.3, 0.4) is 0 Å². The number of nitrogens with zero attached hydrogens (tertiary/aromatic N) is 1. The van der Waals surface area contributed by atoms with Gasteiger partial charge in [-0.2, -0.15) is 0 Å². The second-order valence-electron chi connectivity index (χ2n) is 8.04. The van der Waals surface area contributed by atoms with Crippen molar-refractivity contribution in [2.45, 2.75) is 32.1 Å². The Morgan fingerprint density at radius 1 is 1.16 bits per heavy atom. The van der Waals surface area contributed by atoms with E-state index in [-0.39, 0.29) is 75.6 Å². The van der Waals surface area contributed by atoms with Gasteiger partial charge in [-0.15, -0.1) is 0 Å². The molecule has 5 rings (SSSR count). The number of amides is 1. The Morgan fingerprint density at radius 3 is 2.52 bits per heavy atom. The molecular formula is C24H20KNO5. The second-order valence-corrected chi connectivity index (χ2v) is 8.04. The summed E-state index contributed by atoms with van der Waals surface area (Å²) in [7, 11) is 0. The van der Waals surface area contributed by atoms with Gasteiger partial charge in [0.2, 0.25) is 5.91 Å². The van der Waals surface area contributed by atoms with Crippen molar-refractivity contribution in [3.05, 3.63) is 65.4 Å². The van der Waals surface area contributed by atoms with Gasteiger partial charge in [-0.3, -0.25) is 4.79 Å². The van der Waals surface area contributed by atoms with Gasteiger partial charge >= 0.3 is 51.4 Å². The van der Waals surface area contributed by atoms with Crippen LogP contribution >= 0.6 is 0 Å². The van der Waals surface area contributed by atoms with E-state index in [1.165, 1.54) is 4.90 Å². The van der Waals surface area contributed by atoms with Crippen LogP contribution in [0.2, 0.25) is 0 Å². The molecule has 31 heavy (non-hydrogen) atoms. The van der Waals surface area contributed by atoms with Crippen LogP contribution in [0, 0.1) is 5.92 Å². The Hall–Kier alpha value is -1.58. The molecule has 152 valence electrons. The molecule has 2 aliphatic heterocycles. The third-order valence-electron chi connectivity index (χ3n) is 6.39. The van der Waals surface area contributed by atoms with Gasteiger partial charge in [-0.25, -0.2) is 0 Å². The minimum atomic E-state index is -1.38. The van der Waals surface area contributed by atoms with Crippen molar-refractivity contribution in [1.82, 2.24) is 4.90 Å². The zero-order valence-electron chi connectivity index (χ0n) is 17.3. The Morgan fingerprint density at radius 2 is 1.87 bits per heavy atom. The normalized spacial score (nSPS) is 21.1. The van der Waals surface area contributed by atoms with Crippen molar-refractivity contribution in [1.29, 1.82) is 0 Å². The molecular weight excluding hydrogens is 421 g/mol. The summed E-state index contributed by atoms with van der Waals surface area (Å²) in [5, 5.41) is 35.4. The zero-order valence-corrected chi connectivity index (χ0v) is 20.5. The quantitative estimate of drug-likeness (QED) is 0.294. The largest absolute Gasteiger partial charge is 1.00 e. The standard InChI is InChI=1S/C24H21NO5.K/c1-12(27)21-20-10-19(22(24(29)30)25(20)23(21)28)14-7-6-13-8-15(11-26)16-4-2-3-5-17(16)18(13)9-14;/h2-9,12,20-21,26-27H,10-11H2,1H3,(H,29,30);/q;+1/p-1/t12-,20-,21-;/m1./s1. The summed E-state index contributed by atoms with van der Waals surface area (Å²) in [4.78, 5) is 25.6. The van der Waals surface area contributed by atoms with Crippen LogP contribution in [-0.2, 0) is 16.2 Å². The van der Waals surface area contributed by atoms with Gasteiger partial charge in [0.05, 0.1) is 36.3 Å². The number of hydrogen-bond acceptors (Lipinski definition) is 5. The molecule has 6 nitrogen and oxygen atoms in total. The molecule has 3 aromatic rings. The van der Waals surface area contributed by atoms with Crippen molar-refractivity contribution in [2.24, 2.45) is 5.92 Å². The molecule has 3 atom stereocenters. The van der Waals surface area contributed by atoms with E-state index in [1.807, 2.05) is 48.5 Å². The van der Waals surface area contributed by atoms with Crippen molar-refractivity contribution >= 4 is 39.0 Å². The minimum Gasteiger partial charge on any atom is -0.543 e. The van der Waals surface area contributed by atoms with E-state index in [4.69, 9.17) is 0 Å². The number of carboxylic acid groups (broad SMARTS) is 1. The molecule has 1 amide bonds. The van der Waals surface area contributed by atoms with Gasteiger partial charge in [0.25, 0.3) is 0 Å². The molecule has 0 saturated carbocycles. The van der Waals surface area contributed by atoms with E-state index in [0.717, 1.165) is 32.7 Å². The zero-order chi connectivity index (χ0) is 21.2. The number of aliphatic hydroxyl groups excluding tert-OH is 2. The van der Waals surface area contributed by atoms with Gasteiger partial charge in [0.15, 0.2) is 0 Å². The van der Waals surface area contributed by atoms with E-state index in [9.17, 15) is 24.9 Å². The molecule has 1 saturated heterocycles. The molecule has 1 fully saturated rings. The smallest absolute Gasteiger partial charge is 0.543 e. The van der Waals surface area contributed by atoms with Crippen LogP contribution in [0.1, 0.15) is 24.5 Å². The van der Waals surface area contributed by atoms with Gasteiger partial charge in [0, 0.05) is 0 Å². The summed E-state index contributed by atoms with van der Waals surface area (Å²) >= 11 is 0. The Balaban J connectivity index is 0.00000231. The first-order chi connectivity index (χ1) is 14.4. The molecule has 0 aliphatic carbocycles. The summed E-state index contributed by atoms with van der Waals surface area (Å²) in [6, 6.07) is 15.0. The molecule has 2 heterocycles. The average molecular weight is 442 g/mol. The molecule has 2 N–H and O–H groups in total. The van der Waals surface area contributed by atoms with Gasteiger partial charge in [-0.1, -0.05) is 36.4 Å². The molecule has 0 aromatic heterocycles. The average Bonchev–Trinajstić information content (AvgIpc) is 3.07. The maximum absolute atomic E-state index is 12.5. The van der Waals surface area contributed by atoms with Crippen molar-refractivity contribution < 1.29 is 76.3 Å². The van der Waals surface area contributed by atoms with Crippen molar-refractivity contribution in [2.75, 3.05) is 0 Å². The fraction of sp³-hybridized carbons (Fsp3) is 0.250. The van der Waals surface area contributed by atoms with E-state index in [2.05, 4.69) is 0 Å². The maximum Gasteiger partial charge on any atom is 1.00 e. The first-order valence-corrected chi connectivity index (χ1v) is 9.93. The topological polar surface area (TPSA) is 101 Å². The minimum absolute atomic E-state index is 0. The monoisotopic (exact) mass is 441 g/mol. The summed E-state index contributed by atoms with van der Waals surface area (Å²) in [6.45, 7) is 1.48. The van der Waals surface area contributed by atoms with Crippen LogP contribution in [0.5, 0.6) is 0 Å². The summed E-state index contributed by atoms with van der Waals surface area (Å²) < 4.78 is 0. The van der Waals surface area contributed by atoms with Crippen LogP contribution in [0.15, 0.2) is 54.2 Å². The fourth-order valence-electron chi connectivity index (χ4n) is 5.01. The van der Waals surface area contributed by atoms with Crippen molar-refractivity contribution in [3.8, 4) is 0 Å². The van der Waals surface area contributed by atoms with E-state index in [1.54, 1.807) is 6.92 Å². The van der Waals surface area contributed by atoms with Gasteiger partial charge in [0.1, 0.15) is 0 Å². The van der Waals surface area contributed by atoms with Crippen LogP contribution in [0.4, 0.5) is 0 Å². The third-order valence-corrected chi connectivity index (χ3v) is 6.39. The number of carbonyl (C=O) groups excluding carboxylic acids is 2. The van der Waals surface area contributed by atoms with Gasteiger partial charge in [-0.05, 0) is 63.7 Å². The SMILES string of the molecule is C[C@@H](O)[C@H]1C(=O)N2C(C(=O)[O-])=C(c3ccc4cc(CO)c5ccccc5c4c3)C[C@H]12.[K+]. The number of carboxylic acids is 1. The molecule has 2 aliphatic rings. The van der Waals surface area contributed by atoms with Crippen LogP contribution in [0.25, 0.3) is 27.1 Å². The number of benzene rings is 3. The number of aliphatic carboxylic acids is 1. The Kier molecular flexibility index (Phi) is 6.13. The number of fused-ring (bicyclic) bond motifs is 4.